The first-order valence-corrected chi connectivity index (χ1v) is 6.51. The number of carbonyl (C=O) groups is 1. The molecule has 0 spiro atoms. The second kappa shape index (κ2) is 6.67. The van der Waals surface area contributed by atoms with Crippen LogP contribution in [-0.2, 0) is 0 Å². The fourth-order valence-electron chi connectivity index (χ4n) is 1.91. The molecular formula is C17H16O5. The summed E-state index contributed by atoms with van der Waals surface area (Å²) >= 11 is 0. The summed E-state index contributed by atoms with van der Waals surface area (Å²) in [5.41, 5.74) is 0.964. The molecule has 0 saturated heterocycles. The van der Waals surface area contributed by atoms with Gasteiger partial charge in [-0.15, -0.1) is 0 Å². The SMILES string of the molecule is COc1ccc(OC)c(C(=O)/C=C/c2ccc(O)c(O)c2)c1. The van der Waals surface area contributed by atoms with Crippen LogP contribution in [0, 0.1) is 0 Å². The number of ketones is 1. The maximum absolute atomic E-state index is 12.3. The third-order valence-corrected chi connectivity index (χ3v) is 3.10. The Hall–Kier alpha value is -2.95. The normalized spacial score (nSPS) is 10.6. The van der Waals surface area contributed by atoms with Crippen molar-refractivity contribution in [3.8, 4) is 23.0 Å². The molecule has 0 fully saturated rings. The number of hydrogen-bond donors (Lipinski definition) is 2. The van der Waals surface area contributed by atoms with Crippen LogP contribution in [0.15, 0.2) is 42.5 Å². The van der Waals surface area contributed by atoms with Gasteiger partial charge in [0.1, 0.15) is 11.5 Å². The summed E-state index contributed by atoms with van der Waals surface area (Å²) in [7, 11) is 3.01. The molecule has 2 N–H and O–H groups in total. The van der Waals surface area contributed by atoms with Crippen LogP contribution in [0.4, 0.5) is 0 Å². The van der Waals surface area contributed by atoms with Gasteiger partial charge in [0, 0.05) is 0 Å². The Balaban J connectivity index is 2.28. The third kappa shape index (κ3) is 3.38. The van der Waals surface area contributed by atoms with Gasteiger partial charge in [-0.2, -0.15) is 0 Å². The van der Waals surface area contributed by atoms with Gasteiger partial charge in [0.2, 0.25) is 0 Å². The van der Waals surface area contributed by atoms with E-state index in [1.807, 2.05) is 0 Å². The number of phenolic OH excluding ortho intramolecular Hbond substituents is 2. The second-order valence-electron chi connectivity index (χ2n) is 4.51. The van der Waals surface area contributed by atoms with E-state index in [1.165, 1.54) is 32.4 Å². The van der Waals surface area contributed by atoms with E-state index < -0.39 is 0 Å². The van der Waals surface area contributed by atoms with E-state index in [4.69, 9.17) is 9.47 Å². The zero-order chi connectivity index (χ0) is 16.1. The Morgan fingerprint density at radius 1 is 1.00 bits per heavy atom. The van der Waals surface area contributed by atoms with Crippen LogP contribution >= 0.6 is 0 Å². The molecule has 0 unspecified atom stereocenters. The van der Waals surface area contributed by atoms with Crippen molar-refractivity contribution >= 4 is 11.9 Å². The number of allylic oxidation sites excluding steroid dienone is 1. The van der Waals surface area contributed by atoms with Gasteiger partial charge < -0.3 is 19.7 Å². The van der Waals surface area contributed by atoms with E-state index >= 15 is 0 Å². The molecule has 5 heteroatoms. The van der Waals surface area contributed by atoms with Gasteiger partial charge >= 0.3 is 0 Å². The molecule has 5 nitrogen and oxygen atoms in total. The van der Waals surface area contributed by atoms with Crippen molar-refractivity contribution in [1.82, 2.24) is 0 Å². The lowest BCUT2D eigenvalue weighted by molar-refractivity contribution is 0.104. The van der Waals surface area contributed by atoms with E-state index in [9.17, 15) is 15.0 Å². The number of aromatic hydroxyl groups is 2. The number of phenols is 2. The van der Waals surface area contributed by atoms with Crippen LogP contribution in [0.2, 0.25) is 0 Å². The molecule has 0 aliphatic heterocycles. The van der Waals surface area contributed by atoms with Crippen molar-refractivity contribution < 1.29 is 24.5 Å². The number of hydrogen-bond acceptors (Lipinski definition) is 5. The molecule has 2 aromatic rings. The molecule has 0 bridgehead atoms. The topological polar surface area (TPSA) is 76.0 Å². The highest BCUT2D eigenvalue weighted by atomic mass is 16.5. The molecule has 0 aliphatic rings. The number of methoxy groups -OCH3 is 2. The quantitative estimate of drug-likeness (QED) is 0.504. The highest BCUT2D eigenvalue weighted by Crippen LogP contribution is 2.27. The molecule has 0 atom stereocenters. The minimum absolute atomic E-state index is 0.210. The van der Waals surface area contributed by atoms with Gasteiger partial charge in [-0.05, 0) is 42.0 Å². The van der Waals surface area contributed by atoms with E-state index in [0.29, 0.717) is 22.6 Å². The molecule has 22 heavy (non-hydrogen) atoms. The first kappa shape index (κ1) is 15.4. The molecule has 2 aromatic carbocycles. The average Bonchev–Trinajstić information content (AvgIpc) is 2.55. The van der Waals surface area contributed by atoms with Gasteiger partial charge in [0.05, 0.1) is 19.8 Å². The monoisotopic (exact) mass is 300 g/mol. The van der Waals surface area contributed by atoms with Crippen LogP contribution < -0.4 is 9.47 Å². The van der Waals surface area contributed by atoms with Crippen molar-refractivity contribution in [2.45, 2.75) is 0 Å². The Bertz CT molecular complexity index is 719. The van der Waals surface area contributed by atoms with Crippen molar-refractivity contribution in [3.05, 3.63) is 53.6 Å². The molecule has 0 heterocycles. The van der Waals surface area contributed by atoms with Gasteiger partial charge in [-0.1, -0.05) is 12.1 Å². The van der Waals surface area contributed by atoms with E-state index in [2.05, 4.69) is 0 Å². The Morgan fingerprint density at radius 3 is 2.41 bits per heavy atom. The van der Waals surface area contributed by atoms with Crippen molar-refractivity contribution in [3.63, 3.8) is 0 Å². The van der Waals surface area contributed by atoms with Gasteiger partial charge in [0.15, 0.2) is 17.3 Å². The molecule has 0 saturated carbocycles. The minimum atomic E-state index is -0.261. The van der Waals surface area contributed by atoms with Crippen LogP contribution in [0.25, 0.3) is 6.08 Å². The highest BCUT2D eigenvalue weighted by molar-refractivity contribution is 6.08. The number of carbonyl (C=O) groups excluding carboxylic acids is 1. The molecule has 114 valence electrons. The zero-order valence-corrected chi connectivity index (χ0v) is 12.2. The lowest BCUT2D eigenvalue weighted by Crippen LogP contribution is -1.99. The first-order chi connectivity index (χ1) is 10.5. The Labute approximate surface area is 128 Å². The maximum Gasteiger partial charge on any atom is 0.189 e. The Kier molecular flexibility index (Phi) is 4.68. The first-order valence-electron chi connectivity index (χ1n) is 6.51. The summed E-state index contributed by atoms with van der Waals surface area (Å²) in [6.45, 7) is 0. The number of ether oxygens (including phenoxy) is 2. The summed E-state index contributed by atoms with van der Waals surface area (Å²) in [6.07, 6.45) is 2.91. The van der Waals surface area contributed by atoms with E-state index in [0.717, 1.165) is 0 Å². The number of benzene rings is 2. The largest absolute Gasteiger partial charge is 0.504 e. The van der Waals surface area contributed by atoms with E-state index in [-0.39, 0.29) is 17.3 Å². The smallest absolute Gasteiger partial charge is 0.189 e. The predicted octanol–water partition coefficient (Wildman–Crippen LogP) is 3.01. The zero-order valence-electron chi connectivity index (χ0n) is 12.2. The van der Waals surface area contributed by atoms with Crippen LogP contribution in [-0.4, -0.2) is 30.2 Å². The fraction of sp³-hybridized carbons (Fsp3) is 0.118. The standard InChI is InChI=1S/C17H16O5/c1-21-12-5-8-17(22-2)13(10-12)14(18)6-3-11-4-7-15(19)16(20)9-11/h3-10,19-20H,1-2H3/b6-3+. The second-order valence-corrected chi connectivity index (χ2v) is 4.51. The lowest BCUT2D eigenvalue weighted by atomic mass is 10.1. The van der Waals surface area contributed by atoms with Gasteiger partial charge in [-0.25, -0.2) is 0 Å². The molecule has 0 radical (unpaired) electrons. The summed E-state index contributed by atoms with van der Waals surface area (Å²) < 4.78 is 10.3. The van der Waals surface area contributed by atoms with Crippen LogP contribution in [0.3, 0.4) is 0 Å². The third-order valence-electron chi connectivity index (χ3n) is 3.10. The van der Waals surface area contributed by atoms with Crippen molar-refractivity contribution in [1.29, 1.82) is 0 Å². The predicted molar refractivity (Wildman–Crippen MR) is 82.7 cm³/mol. The van der Waals surface area contributed by atoms with Crippen LogP contribution in [0.1, 0.15) is 15.9 Å². The number of rotatable bonds is 5. The van der Waals surface area contributed by atoms with Crippen molar-refractivity contribution in [2.75, 3.05) is 14.2 Å². The van der Waals surface area contributed by atoms with Gasteiger partial charge in [0.25, 0.3) is 0 Å². The van der Waals surface area contributed by atoms with E-state index in [1.54, 1.807) is 30.3 Å². The summed E-state index contributed by atoms with van der Waals surface area (Å²) in [5, 5.41) is 18.7. The average molecular weight is 300 g/mol. The highest BCUT2D eigenvalue weighted by Gasteiger charge is 2.11. The maximum atomic E-state index is 12.3. The summed E-state index contributed by atoms with van der Waals surface area (Å²) in [4.78, 5) is 12.3. The summed E-state index contributed by atoms with van der Waals surface area (Å²) in [5.74, 6) is 0.290. The lowest BCUT2D eigenvalue weighted by Gasteiger charge is -2.07. The Morgan fingerprint density at radius 2 is 1.77 bits per heavy atom. The molecule has 0 amide bonds. The minimum Gasteiger partial charge on any atom is -0.504 e. The fourth-order valence-corrected chi connectivity index (χ4v) is 1.91. The molecule has 0 aromatic heterocycles. The molecule has 0 aliphatic carbocycles. The van der Waals surface area contributed by atoms with Crippen LogP contribution in [0.5, 0.6) is 23.0 Å². The molecular weight excluding hydrogens is 284 g/mol. The van der Waals surface area contributed by atoms with Gasteiger partial charge in [-0.3, -0.25) is 4.79 Å². The molecule has 2 rings (SSSR count). The van der Waals surface area contributed by atoms with Crippen molar-refractivity contribution in [2.24, 2.45) is 0 Å². The summed E-state index contributed by atoms with van der Waals surface area (Å²) in [6, 6.07) is 9.26.